The summed E-state index contributed by atoms with van der Waals surface area (Å²) in [7, 11) is -3.61. The van der Waals surface area contributed by atoms with Crippen LogP contribution >= 0.6 is 0 Å². The van der Waals surface area contributed by atoms with E-state index in [4.69, 9.17) is 10.5 Å². The maximum Gasteiger partial charge on any atom is 0.417 e. The molecule has 3 N–H and O–H groups in total. The summed E-state index contributed by atoms with van der Waals surface area (Å²) in [4.78, 5) is 27.5. The number of ether oxygens (including phenoxy) is 1. The van der Waals surface area contributed by atoms with E-state index >= 15 is 0 Å². The largest absolute Gasteiger partial charge is 0.481 e. The quantitative estimate of drug-likeness (QED) is 0.531. The Hall–Kier alpha value is -3.50. The van der Waals surface area contributed by atoms with Gasteiger partial charge in [-0.05, 0) is 55.5 Å². The van der Waals surface area contributed by atoms with Crippen LogP contribution in [0.25, 0.3) is 11.1 Å². The van der Waals surface area contributed by atoms with Crippen molar-refractivity contribution in [2.24, 2.45) is 22.5 Å². The number of benzene rings is 1. The molecule has 2 fully saturated rings. The molecule has 0 bridgehead atoms. The van der Waals surface area contributed by atoms with Crippen LogP contribution in [0.2, 0.25) is 0 Å². The number of carboxylic acids is 1. The molecule has 1 aromatic heterocycles. The minimum Gasteiger partial charge on any atom is -0.481 e. The van der Waals surface area contributed by atoms with Gasteiger partial charge in [-0.25, -0.2) is 8.42 Å². The molecule has 2 unspecified atom stereocenters. The number of aryl methyl sites for hydroxylation is 1. The summed E-state index contributed by atoms with van der Waals surface area (Å²) in [6.07, 6.45) is -4.76. The van der Waals surface area contributed by atoms with Gasteiger partial charge in [0, 0.05) is 31.0 Å². The molecule has 0 spiro atoms. The Bertz CT molecular complexity index is 1470. The van der Waals surface area contributed by atoms with Crippen LogP contribution in [0.4, 0.5) is 13.2 Å². The first-order chi connectivity index (χ1) is 17.6. The van der Waals surface area contributed by atoms with E-state index in [1.54, 1.807) is 19.1 Å². The van der Waals surface area contributed by atoms with Crippen LogP contribution in [0.5, 0.6) is 0 Å². The summed E-state index contributed by atoms with van der Waals surface area (Å²) >= 11 is 0. The zero-order valence-corrected chi connectivity index (χ0v) is 21.1. The lowest BCUT2D eigenvalue weighted by Crippen LogP contribution is -2.44. The minimum absolute atomic E-state index is 0.104. The zero-order valence-electron chi connectivity index (χ0n) is 20.3. The van der Waals surface area contributed by atoms with Gasteiger partial charge in [0.1, 0.15) is 10.8 Å². The number of carboxylic acid groups (broad SMARTS) is 1. The summed E-state index contributed by atoms with van der Waals surface area (Å²) in [6.45, 7) is 1.71. The average Bonchev–Trinajstić information content (AvgIpc) is 3.48. The smallest absolute Gasteiger partial charge is 0.417 e. The molecule has 202 valence electrons. The van der Waals surface area contributed by atoms with Gasteiger partial charge in [-0.1, -0.05) is 6.07 Å². The molecular formula is C25H24F3N3O6S. The lowest BCUT2D eigenvalue weighted by molar-refractivity contribution is -0.159. The topological polar surface area (TPSA) is 160 Å². The number of rotatable bonds is 7. The predicted octanol–water partition coefficient (Wildman–Crippen LogP) is 3.11. The number of nitriles is 1. The molecule has 0 saturated heterocycles. The number of carbonyl (C=O) groups excluding carboxylic acids is 1. The number of pyridine rings is 1. The molecule has 1 aromatic carbocycles. The standard InChI is InChI=1S/C25H24F3N3O6S/c1-13-5-15(11-31-10-13)14-3-4-18(17(6-14)25(26,27)28)38(35,36)16-7-20(37-2)24(8-16,22(33)34)19-9-23(19,12-29)21(30)32/h3-6,10-11,16,19-20H,7-9H2,1-2H3,(H2,30,32)(H,33,34)/t16-,19?,20+,23?,24+/m1/s1. The Morgan fingerprint density at radius 1 is 1.21 bits per heavy atom. The van der Waals surface area contributed by atoms with Crippen molar-refractivity contribution < 1.29 is 41.0 Å². The molecule has 9 nitrogen and oxygen atoms in total. The molecule has 2 saturated carbocycles. The highest BCUT2D eigenvalue weighted by atomic mass is 32.2. The van der Waals surface area contributed by atoms with Crippen LogP contribution in [-0.2, 0) is 30.3 Å². The number of primary amides is 1. The van der Waals surface area contributed by atoms with E-state index < -0.39 is 79.3 Å². The Labute approximate surface area is 216 Å². The highest BCUT2D eigenvalue weighted by Gasteiger charge is 2.75. The number of alkyl halides is 3. The average molecular weight is 552 g/mol. The number of halogens is 3. The van der Waals surface area contributed by atoms with E-state index in [0.29, 0.717) is 11.1 Å². The number of nitrogens with zero attached hydrogens (tertiary/aromatic N) is 2. The van der Waals surface area contributed by atoms with Crippen molar-refractivity contribution in [1.29, 1.82) is 5.26 Å². The van der Waals surface area contributed by atoms with Crippen molar-refractivity contribution >= 4 is 21.7 Å². The van der Waals surface area contributed by atoms with Crippen LogP contribution in [0, 0.1) is 35.0 Å². The molecule has 5 atom stereocenters. The Kier molecular flexibility index (Phi) is 6.56. The number of amides is 1. The van der Waals surface area contributed by atoms with E-state index in [-0.39, 0.29) is 12.0 Å². The second-order valence-electron chi connectivity index (χ2n) is 9.84. The molecule has 2 aliphatic rings. The van der Waals surface area contributed by atoms with Crippen LogP contribution in [0.15, 0.2) is 41.6 Å². The number of sulfone groups is 1. The monoisotopic (exact) mass is 551 g/mol. The molecule has 1 heterocycles. The Balaban J connectivity index is 1.80. The van der Waals surface area contributed by atoms with E-state index in [2.05, 4.69) is 4.98 Å². The molecular weight excluding hydrogens is 527 g/mol. The lowest BCUT2D eigenvalue weighted by atomic mass is 9.75. The molecule has 38 heavy (non-hydrogen) atoms. The third-order valence-electron chi connectivity index (χ3n) is 7.76. The number of aromatic nitrogens is 1. The fourth-order valence-corrected chi connectivity index (χ4v) is 7.75. The predicted molar refractivity (Wildman–Crippen MR) is 126 cm³/mol. The highest BCUT2D eigenvalue weighted by molar-refractivity contribution is 7.92. The fraction of sp³-hybridized carbons (Fsp3) is 0.440. The first-order valence-electron chi connectivity index (χ1n) is 11.5. The summed E-state index contributed by atoms with van der Waals surface area (Å²) < 4.78 is 75.1. The summed E-state index contributed by atoms with van der Waals surface area (Å²) in [5, 5.41) is 18.2. The van der Waals surface area contributed by atoms with Gasteiger partial charge in [-0.2, -0.15) is 18.4 Å². The summed E-state index contributed by atoms with van der Waals surface area (Å²) in [6, 6.07) is 6.18. The maximum absolute atomic E-state index is 14.2. The first kappa shape index (κ1) is 27.5. The normalized spacial score (nSPS) is 29.0. The number of methoxy groups -OCH3 is 1. The minimum atomic E-state index is -5.04. The zero-order chi connectivity index (χ0) is 28.3. The second kappa shape index (κ2) is 9.06. The van der Waals surface area contributed by atoms with Crippen LogP contribution in [-0.4, -0.2) is 48.8 Å². The van der Waals surface area contributed by atoms with E-state index in [0.717, 1.165) is 19.2 Å². The molecule has 1 amide bonds. The molecule has 2 aromatic rings. The number of nitrogens with two attached hydrogens (primary N) is 1. The molecule has 13 heteroatoms. The third-order valence-corrected chi connectivity index (χ3v) is 9.97. The first-order valence-corrected chi connectivity index (χ1v) is 13.0. The summed E-state index contributed by atoms with van der Waals surface area (Å²) in [5.74, 6) is -3.71. The van der Waals surface area contributed by atoms with Gasteiger partial charge in [0.25, 0.3) is 0 Å². The second-order valence-corrected chi connectivity index (χ2v) is 12.0. The highest BCUT2D eigenvalue weighted by Crippen LogP contribution is 2.66. The summed E-state index contributed by atoms with van der Waals surface area (Å²) in [5.41, 5.74) is 1.28. The number of hydrogen-bond acceptors (Lipinski definition) is 7. The van der Waals surface area contributed by atoms with Gasteiger partial charge in [0.15, 0.2) is 9.84 Å². The van der Waals surface area contributed by atoms with Crippen molar-refractivity contribution in [2.75, 3.05) is 7.11 Å². The van der Waals surface area contributed by atoms with E-state index in [9.17, 15) is 41.5 Å². The maximum atomic E-state index is 14.2. The van der Waals surface area contributed by atoms with E-state index in [1.165, 1.54) is 18.5 Å². The number of aliphatic carboxylic acids is 1. The van der Waals surface area contributed by atoms with E-state index in [1.807, 2.05) is 0 Å². The van der Waals surface area contributed by atoms with Gasteiger partial charge >= 0.3 is 12.1 Å². The molecule has 0 radical (unpaired) electrons. The fourth-order valence-electron chi connectivity index (χ4n) is 5.73. The lowest BCUT2D eigenvalue weighted by Gasteiger charge is -2.31. The SMILES string of the molecule is CO[C@H]1C[C@@H](S(=O)(=O)c2ccc(-c3cncc(C)c3)cc2C(F)(F)F)C[C@]1(C(=O)O)C1CC1(C#N)C(N)=O. The molecule has 0 aliphatic heterocycles. The van der Waals surface area contributed by atoms with Crippen LogP contribution in [0.3, 0.4) is 0 Å². The van der Waals surface area contributed by atoms with Crippen molar-refractivity contribution in [3.63, 3.8) is 0 Å². The van der Waals surface area contributed by atoms with Gasteiger partial charge in [0.2, 0.25) is 5.91 Å². The number of carbonyl (C=O) groups is 2. The third kappa shape index (κ3) is 4.12. The van der Waals surface area contributed by atoms with Crippen molar-refractivity contribution in [2.45, 2.75) is 48.6 Å². The van der Waals surface area contributed by atoms with Crippen molar-refractivity contribution in [1.82, 2.24) is 4.98 Å². The molecule has 4 rings (SSSR count). The van der Waals surface area contributed by atoms with Gasteiger partial charge in [-0.15, -0.1) is 0 Å². The molecule has 2 aliphatic carbocycles. The Morgan fingerprint density at radius 2 is 1.89 bits per heavy atom. The number of hydrogen-bond donors (Lipinski definition) is 2. The Morgan fingerprint density at radius 3 is 2.39 bits per heavy atom. The van der Waals surface area contributed by atoms with Crippen LogP contribution < -0.4 is 5.73 Å². The van der Waals surface area contributed by atoms with Gasteiger partial charge in [0.05, 0.1) is 27.9 Å². The van der Waals surface area contributed by atoms with Crippen LogP contribution in [0.1, 0.15) is 30.4 Å². The van der Waals surface area contributed by atoms with Crippen molar-refractivity contribution in [3.8, 4) is 17.2 Å². The van der Waals surface area contributed by atoms with Gasteiger partial charge in [-0.3, -0.25) is 14.6 Å². The van der Waals surface area contributed by atoms with Crippen molar-refractivity contribution in [3.05, 3.63) is 47.8 Å². The van der Waals surface area contributed by atoms with Gasteiger partial charge < -0.3 is 15.6 Å².